The standard InChI is InChI=1S/C16H27N3O/c1-11-6-8-16(20-5,9-7-11)15-18-10-14(12(2)17-4)13(3)19-15/h10-12,17H,6-9H2,1-5H3. The van der Waals surface area contributed by atoms with Gasteiger partial charge < -0.3 is 10.1 Å². The smallest absolute Gasteiger partial charge is 0.160 e. The van der Waals surface area contributed by atoms with E-state index in [0.29, 0.717) is 0 Å². The number of nitrogens with zero attached hydrogens (tertiary/aromatic N) is 2. The second kappa shape index (κ2) is 6.19. The largest absolute Gasteiger partial charge is 0.370 e. The van der Waals surface area contributed by atoms with Crippen LogP contribution < -0.4 is 5.32 Å². The highest BCUT2D eigenvalue weighted by Crippen LogP contribution is 2.40. The van der Waals surface area contributed by atoms with Gasteiger partial charge in [-0.25, -0.2) is 9.97 Å². The van der Waals surface area contributed by atoms with Gasteiger partial charge in [0, 0.05) is 30.6 Å². The van der Waals surface area contributed by atoms with Gasteiger partial charge in [-0.3, -0.25) is 0 Å². The maximum atomic E-state index is 5.85. The molecular formula is C16H27N3O. The summed E-state index contributed by atoms with van der Waals surface area (Å²) in [5, 5.41) is 3.24. The lowest BCUT2D eigenvalue weighted by molar-refractivity contribution is -0.0599. The summed E-state index contributed by atoms with van der Waals surface area (Å²) >= 11 is 0. The van der Waals surface area contributed by atoms with Crippen LogP contribution in [0.4, 0.5) is 0 Å². The molecule has 0 radical (unpaired) electrons. The van der Waals surface area contributed by atoms with Crippen LogP contribution in [-0.4, -0.2) is 24.1 Å². The molecule has 1 aromatic heterocycles. The quantitative estimate of drug-likeness (QED) is 0.918. The van der Waals surface area contributed by atoms with Crippen molar-refractivity contribution in [2.24, 2.45) is 5.92 Å². The van der Waals surface area contributed by atoms with Gasteiger partial charge in [-0.1, -0.05) is 6.92 Å². The molecule has 1 heterocycles. The molecule has 1 saturated carbocycles. The summed E-state index contributed by atoms with van der Waals surface area (Å²) in [4.78, 5) is 9.38. The Labute approximate surface area is 122 Å². The first kappa shape index (κ1) is 15.4. The Morgan fingerprint density at radius 1 is 1.40 bits per heavy atom. The molecule has 1 aliphatic rings. The van der Waals surface area contributed by atoms with E-state index in [0.717, 1.165) is 35.8 Å². The lowest BCUT2D eigenvalue weighted by Gasteiger charge is -2.37. The van der Waals surface area contributed by atoms with Gasteiger partial charge in [0.25, 0.3) is 0 Å². The fourth-order valence-corrected chi connectivity index (χ4v) is 3.02. The molecule has 0 spiro atoms. The SMILES string of the molecule is CNC(C)c1cnc(C2(OC)CCC(C)CC2)nc1C. The van der Waals surface area contributed by atoms with Crippen LogP contribution in [0.2, 0.25) is 0 Å². The number of rotatable bonds is 4. The van der Waals surface area contributed by atoms with Crippen LogP contribution in [0.25, 0.3) is 0 Å². The first-order valence-electron chi connectivity index (χ1n) is 7.59. The van der Waals surface area contributed by atoms with E-state index in [1.807, 2.05) is 13.2 Å². The maximum absolute atomic E-state index is 5.85. The first-order valence-corrected chi connectivity index (χ1v) is 7.59. The minimum absolute atomic E-state index is 0.272. The monoisotopic (exact) mass is 277 g/mol. The van der Waals surface area contributed by atoms with Crippen molar-refractivity contribution in [1.29, 1.82) is 0 Å². The summed E-state index contributed by atoms with van der Waals surface area (Å²) in [7, 11) is 3.75. The molecule has 20 heavy (non-hydrogen) atoms. The highest BCUT2D eigenvalue weighted by atomic mass is 16.5. The maximum Gasteiger partial charge on any atom is 0.160 e. The van der Waals surface area contributed by atoms with E-state index < -0.39 is 0 Å². The van der Waals surface area contributed by atoms with Crippen LogP contribution in [0.3, 0.4) is 0 Å². The Balaban J connectivity index is 2.30. The normalized spacial score (nSPS) is 28.4. The number of nitrogens with one attached hydrogen (secondary N) is 1. The summed E-state index contributed by atoms with van der Waals surface area (Å²) in [6.07, 6.45) is 6.36. The van der Waals surface area contributed by atoms with Gasteiger partial charge in [0.2, 0.25) is 0 Å². The molecule has 4 nitrogen and oxygen atoms in total. The van der Waals surface area contributed by atoms with Gasteiger partial charge in [-0.15, -0.1) is 0 Å². The van der Waals surface area contributed by atoms with Crippen LogP contribution in [-0.2, 0) is 10.3 Å². The third-order valence-electron chi connectivity index (χ3n) is 4.80. The summed E-state index contributed by atoms with van der Waals surface area (Å²) in [5.74, 6) is 1.64. The molecule has 112 valence electrons. The molecule has 1 fully saturated rings. The molecule has 1 atom stereocenters. The lowest BCUT2D eigenvalue weighted by Crippen LogP contribution is -2.35. The first-order chi connectivity index (χ1) is 9.52. The molecular weight excluding hydrogens is 250 g/mol. The van der Waals surface area contributed by atoms with E-state index in [9.17, 15) is 0 Å². The molecule has 0 saturated heterocycles. The van der Waals surface area contributed by atoms with Crippen LogP contribution in [0.5, 0.6) is 0 Å². The molecule has 0 aromatic carbocycles. The van der Waals surface area contributed by atoms with Gasteiger partial charge in [-0.2, -0.15) is 0 Å². The van der Waals surface area contributed by atoms with E-state index in [-0.39, 0.29) is 11.6 Å². The van der Waals surface area contributed by atoms with Gasteiger partial charge in [0.15, 0.2) is 5.82 Å². The number of hydrogen-bond acceptors (Lipinski definition) is 4. The average molecular weight is 277 g/mol. The van der Waals surface area contributed by atoms with E-state index >= 15 is 0 Å². The van der Waals surface area contributed by atoms with Crippen LogP contribution >= 0.6 is 0 Å². The van der Waals surface area contributed by atoms with Crippen molar-refractivity contribution in [2.45, 2.75) is 58.1 Å². The van der Waals surface area contributed by atoms with Crippen molar-refractivity contribution in [2.75, 3.05) is 14.2 Å². The molecule has 0 bridgehead atoms. The molecule has 1 aliphatic carbocycles. The number of aryl methyl sites for hydroxylation is 1. The summed E-state index contributed by atoms with van der Waals surface area (Å²) < 4.78 is 5.85. The average Bonchev–Trinajstić information content (AvgIpc) is 2.47. The summed E-state index contributed by atoms with van der Waals surface area (Å²) in [6.45, 7) is 6.49. The van der Waals surface area contributed by atoms with Crippen molar-refractivity contribution >= 4 is 0 Å². The number of aromatic nitrogens is 2. The molecule has 4 heteroatoms. The molecule has 0 aliphatic heterocycles. The number of hydrogen-bond donors (Lipinski definition) is 1. The predicted octanol–water partition coefficient (Wildman–Crippen LogP) is 3.12. The second-order valence-electron chi connectivity index (χ2n) is 6.13. The Hall–Kier alpha value is -1.00. The molecule has 1 aromatic rings. The van der Waals surface area contributed by atoms with E-state index in [2.05, 4.69) is 31.1 Å². The third kappa shape index (κ3) is 2.86. The zero-order valence-electron chi connectivity index (χ0n) is 13.4. The Kier molecular flexibility index (Phi) is 4.76. The molecule has 2 rings (SSSR count). The fraction of sp³-hybridized carbons (Fsp3) is 0.750. The van der Waals surface area contributed by atoms with Crippen LogP contribution in [0.15, 0.2) is 6.20 Å². The number of methoxy groups -OCH3 is 1. The minimum Gasteiger partial charge on any atom is -0.370 e. The molecule has 1 unspecified atom stereocenters. The van der Waals surface area contributed by atoms with E-state index in [1.54, 1.807) is 7.11 Å². The third-order valence-corrected chi connectivity index (χ3v) is 4.80. The highest BCUT2D eigenvalue weighted by Gasteiger charge is 2.38. The second-order valence-corrected chi connectivity index (χ2v) is 6.13. The zero-order valence-corrected chi connectivity index (χ0v) is 13.4. The molecule has 1 N–H and O–H groups in total. The van der Waals surface area contributed by atoms with Crippen molar-refractivity contribution in [3.63, 3.8) is 0 Å². The van der Waals surface area contributed by atoms with Crippen molar-refractivity contribution in [3.8, 4) is 0 Å². The lowest BCUT2D eigenvalue weighted by atomic mass is 9.79. The Morgan fingerprint density at radius 3 is 2.55 bits per heavy atom. The van der Waals surface area contributed by atoms with Crippen molar-refractivity contribution in [3.05, 3.63) is 23.3 Å². The van der Waals surface area contributed by atoms with Gasteiger partial charge >= 0.3 is 0 Å². The fourth-order valence-electron chi connectivity index (χ4n) is 3.02. The topological polar surface area (TPSA) is 47.0 Å². The van der Waals surface area contributed by atoms with Crippen molar-refractivity contribution < 1.29 is 4.74 Å². The van der Waals surface area contributed by atoms with E-state index in [4.69, 9.17) is 9.72 Å². The van der Waals surface area contributed by atoms with Gasteiger partial charge in [-0.05, 0) is 52.5 Å². The predicted molar refractivity (Wildman–Crippen MR) is 80.6 cm³/mol. The van der Waals surface area contributed by atoms with E-state index in [1.165, 1.54) is 12.8 Å². The van der Waals surface area contributed by atoms with Gasteiger partial charge in [0.1, 0.15) is 5.60 Å². The molecule has 0 amide bonds. The zero-order chi connectivity index (χ0) is 14.8. The number of ether oxygens (including phenoxy) is 1. The highest BCUT2D eigenvalue weighted by molar-refractivity contribution is 5.21. The Morgan fingerprint density at radius 2 is 2.05 bits per heavy atom. The summed E-state index contributed by atoms with van der Waals surface area (Å²) in [6, 6.07) is 0.272. The van der Waals surface area contributed by atoms with Crippen LogP contribution in [0.1, 0.15) is 62.7 Å². The minimum atomic E-state index is -0.279. The van der Waals surface area contributed by atoms with Crippen molar-refractivity contribution in [1.82, 2.24) is 15.3 Å². The van der Waals surface area contributed by atoms with Gasteiger partial charge in [0.05, 0.1) is 0 Å². The Bertz CT molecular complexity index is 453. The van der Waals surface area contributed by atoms with Crippen LogP contribution in [0, 0.1) is 12.8 Å². The summed E-state index contributed by atoms with van der Waals surface area (Å²) in [5.41, 5.74) is 1.93.